The van der Waals surface area contributed by atoms with Crippen molar-refractivity contribution in [3.05, 3.63) is 64.4 Å². The minimum absolute atomic E-state index is 0.168. The number of carbonyl (C=O) groups excluding carboxylic acids is 1. The quantitative estimate of drug-likeness (QED) is 0.717. The van der Waals surface area contributed by atoms with E-state index in [9.17, 15) is 4.79 Å². The van der Waals surface area contributed by atoms with Crippen LogP contribution in [0.3, 0.4) is 0 Å². The Morgan fingerprint density at radius 1 is 1.00 bits per heavy atom. The predicted molar refractivity (Wildman–Crippen MR) is 106 cm³/mol. The zero-order chi connectivity index (χ0) is 21.0. The highest BCUT2D eigenvalue weighted by molar-refractivity contribution is 5.98. The summed E-state index contributed by atoms with van der Waals surface area (Å²) in [6.07, 6.45) is 0.479. The predicted octanol–water partition coefficient (Wildman–Crippen LogP) is 3.50. The highest BCUT2D eigenvalue weighted by Crippen LogP contribution is 2.54. The summed E-state index contributed by atoms with van der Waals surface area (Å²) in [5.74, 6) is 2.37. The summed E-state index contributed by atoms with van der Waals surface area (Å²) in [7, 11) is 4.71. The monoisotopic (exact) mass is 408 g/mol. The van der Waals surface area contributed by atoms with Crippen LogP contribution < -0.4 is 23.7 Å². The first kappa shape index (κ1) is 18.4. The van der Waals surface area contributed by atoms with E-state index in [0.717, 1.165) is 22.3 Å². The summed E-state index contributed by atoms with van der Waals surface area (Å²) in [6, 6.07) is 7.56. The molecule has 154 valence electrons. The van der Waals surface area contributed by atoms with Crippen molar-refractivity contribution in [3.63, 3.8) is 0 Å². The van der Waals surface area contributed by atoms with Crippen molar-refractivity contribution in [1.82, 2.24) is 0 Å². The van der Waals surface area contributed by atoms with Gasteiger partial charge in [-0.05, 0) is 29.3 Å². The molecule has 0 N–H and O–H groups in total. The molecule has 1 unspecified atom stereocenters. The van der Waals surface area contributed by atoms with Crippen LogP contribution in [0.15, 0.2) is 47.7 Å². The van der Waals surface area contributed by atoms with E-state index < -0.39 is 11.9 Å². The maximum Gasteiger partial charge on any atom is 0.340 e. The van der Waals surface area contributed by atoms with Gasteiger partial charge in [-0.3, -0.25) is 0 Å². The van der Waals surface area contributed by atoms with Gasteiger partial charge in [0.2, 0.25) is 12.5 Å². The van der Waals surface area contributed by atoms with E-state index >= 15 is 0 Å². The van der Waals surface area contributed by atoms with Crippen LogP contribution >= 0.6 is 0 Å². The number of rotatable bonds is 4. The van der Waals surface area contributed by atoms with Gasteiger partial charge in [0.25, 0.3) is 0 Å². The van der Waals surface area contributed by atoms with Crippen molar-refractivity contribution in [2.45, 2.75) is 12.3 Å². The summed E-state index contributed by atoms with van der Waals surface area (Å²) in [5.41, 5.74) is 3.97. The number of hydrogen-bond donors (Lipinski definition) is 0. The normalized spacial score (nSPS) is 18.7. The number of esters is 1. The molecule has 0 radical (unpaired) electrons. The van der Waals surface area contributed by atoms with Crippen LogP contribution in [0.25, 0.3) is 0 Å². The van der Waals surface area contributed by atoms with Crippen LogP contribution in [0.2, 0.25) is 0 Å². The van der Waals surface area contributed by atoms with Crippen molar-refractivity contribution in [2.75, 3.05) is 28.1 Å². The Labute approximate surface area is 173 Å². The molecule has 0 spiro atoms. The molecule has 3 aliphatic rings. The molecule has 7 heteroatoms. The molecule has 1 atom stereocenters. The zero-order valence-corrected chi connectivity index (χ0v) is 16.9. The third-order valence-corrected chi connectivity index (χ3v) is 5.73. The number of fused-ring (bicyclic) bond motifs is 2. The maximum absolute atomic E-state index is 12.8. The lowest BCUT2D eigenvalue weighted by molar-refractivity contribution is -0.133. The molecule has 2 aromatic rings. The van der Waals surface area contributed by atoms with E-state index in [4.69, 9.17) is 28.4 Å². The highest BCUT2D eigenvalue weighted by Gasteiger charge is 2.43. The third kappa shape index (κ3) is 2.48. The van der Waals surface area contributed by atoms with E-state index in [2.05, 4.69) is 6.58 Å². The molecular formula is C23H20O7. The Balaban J connectivity index is 1.80. The van der Waals surface area contributed by atoms with Crippen LogP contribution in [0.5, 0.6) is 28.7 Å². The number of methoxy groups -OCH3 is 3. The average Bonchev–Trinajstić information content (AvgIpc) is 3.34. The van der Waals surface area contributed by atoms with Crippen molar-refractivity contribution in [2.24, 2.45) is 0 Å². The first-order valence-corrected chi connectivity index (χ1v) is 9.43. The minimum atomic E-state index is -0.445. The lowest BCUT2D eigenvalue weighted by atomic mass is 9.74. The third-order valence-electron chi connectivity index (χ3n) is 5.73. The summed E-state index contributed by atoms with van der Waals surface area (Å²) in [4.78, 5) is 12.8. The molecule has 0 bridgehead atoms. The number of cyclic esters (lactones) is 1. The van der Waals surface area contributed by atoms with Gasteiger partial charge in [-0.1, -0.05) is 12.6 Å². The van der Waals surface area contributed by atoms with Crippen LogP contribution in [0.1, 0.15) is 22.6 Å². The molecule has 1 aliphatic carbocycles. The Bertz CT molecular complexity index is 1130. The molecule has 2 aliphatic heterocycles. The fourth-order valence-electron chi connectivity index (χ4n) is 4.44. The smallest absolute Gasteiger partial charge is 0.340 e. The number of allylic oxidation sites excluding steroid dienone is 1. The Morgan fingerprint density at radius 2 is 1.77 bits per heavy atom. The SMILES string of the molecule is C=C1OC(=O)C2=C1Cc1cc(OC)c(OC)c(OC)c1C2c1ccc2c(c1)OCO2. The zero-order valence-electron chi connectivity index (χ0n) is 16.9. The van der Waals surface area contributed by atoms with Crippen molar-refractivity contribution >= 4 is 5.97 Å². The van der Waals surface area contributed by atoms with Gasteiger partial charge in [-0.2, -0.15) is 0 Å². The van der Waals surface area contributed by atoms with E-state index in [1.54, 1.807) is 21.3 Å². The molecular weight excluding hydrogens is 388 g/mol. The second kappa shape index (κ2) is 6.73. The lowest BCUT2D eigenvalue weighted by Gasteiger charge is -2.29. The van der Waals surface area contributed by atoms with Gasteiger partial charge in [0.05, 0.1) is 26.9 Å². The average molecular weight is 408 g/mol. The molecule has 0 saturated heterocycles. The van der Waals surface area contributed by atoms with Gasteiger partial charge < -0.3 is 28.4 Å². The van der Waals surface area contributed by atoms with Gasteiger partial charge in [0.15, 0.2) is 23.0 Å². The molecule has 7 nitrogen and oxygen atoms in total. The second-order valence-electron chi connectivity index (χ2n) is 7.15. The topological polar surface area (TPSA) is 72.5 Å². The standard InChI is InChI=1S/C23H20O7/c1-11-14-7-13-9-17(25-2)21(26-3)22(27-4)19(13)18(20(14)23(24)30-11)12-5-6-15-16(8-12)29-10-28-15/h5-6,8-9,18H,1,7,10H2,2-4H3. The van der Waals surface area contributed by atoms with Crippen molar-refractivity contribution < 1.29 is 33.2 Å². The largest absolute Gasteiger partial charge is 0.493 e. The van der Waals surface area contributed by atoms with E-state index in [1.165, 1.54) is 0 Å². The van der Waals surface area contributed by atoms with Gasteiger partial charge in [0.1, 0.15) is 5.76 Å². The Hall–Kier alpha value is -3.61. The molecule has 2 aromatic carbocycles. The summed E-state index contributed by atoms with van der Waals surface area (Å²) < 4.78 is 33.3. The molecule has 30 heavy (non-hydrogen) atoms. The van der Waals surface area contributed by atoms with Gasteiger partial charge in [0, 0.05) is 23.5 Å². The van der Waals surface area contributed by atoms with E-state index in [-0.39, 0.29) is 6.79 Å². The van der Waals surface area contributed by atoms with E-state index in [1.807, 2.05) is 24.3 Å². The number of benzene rings is 2. The van der Waals surface area contributed by atoms with Crippen LogP contribution in [-0.4, -0.2) is 34.1 Å². The highest BCUT2D eigenvalue weighted by atomic mass is 16.7. The van der Waals surface area contributed by atoms with Gasteiger partial charge in [-0.15, -0.1) is 0 Å². The summed E-state index contributed by atoms with van der Waals surface area (Å²) in [6.45, 7) is 4.10. The van der Waals surface area contributed by atoms with Crippen LogP contribution in [0, 0.1) is 0 Å². The first-order chi connectivity index (χ1) is 14.6. The van der Waals surface area contributed by atoms with Crippen LogP contribution in [0.4, 0.5) is 0 Å². The number of ether oxygens (including phenoxy) is 6. The summed E-state index contributed by atoms with van der Waals surface area (Å²) >= 11 is 0. The Kier molecular flexibility index (Phi) is 4.13. The van der Waals surface area contributed by atoms with E-state index in [0.29, 0.717) is 46.5 Å². The molecule has 0 saturated carbocycles. The second-order valence-corrected chi connectivity index (χ2v) is 7.15. The maximum atomic E-state index is 12.8. The minimum Gasteiger partial charge on any atom is -0.493 e. The molecule has 0 fully saturated rings. The number of carbonyl (C=O) groups is 1. The van der Waals surface area contributed by atoms with Crippen LogP contribution in [-0.2, 0) is 16.0 Å². The molecule has 0 aromatic heterocycles. The van der Waals surface area contributed by atoms with Gasteiger partial charge in [-0.25, -0.2) is 4.79 Å². The fourth-order valence-corrected chi connectivity index (χ4v) is 4.44. The first-order valence-electron chi connectivity index (χ1n) is 9.43. The van der Waals surface area contributed by atoms with Crippen molar-refractivity contribution in [1.29, 1.82) is 0 Å². The van der Waals surface area contributed by atoms with Gasteiger partial charge >= 0.3 is 5.97 Å². The molecule has 5 rings (SSSR count). The lowest BCUT2D eigenvalue weighted by Crippen LogP contribution is -2.19. The molecule has 2 heterocycles. The fraction of sp³-hybridized carbons (Fsp3) is 0.261. The van der Waals surface area contributed by atoms with Crippen molar-refractivity contribution in [3.8, 4) is 28.7 Å². The summed E-state index contributed by atoms with van der Waals surface area (Å²) in [5, 5.41) is 0. The molecule has 0 amide bonds. The Morgan fingerprint density at radius 3 is 2.50 bits per heavy atom. The number of hydrogen-bond acceptors (Lipinski definition) is 7.